The van der Waals surface area contributed by atoms with E-state index < -0.39 is 5.60 Å². The molecule has 3 heteroatoms. The zero-order valence-electron chi connectivity index (χ0n) is 9.82. The lowest BCUT2D eigenvalue weighted by molar-refractivity contribution is -0.0405. The second kappa shape index (κ2) is 4.42. The van der Waals surface area contributed by atoms with E-state index in [0.717, 1.165) is 24.8 Å². The maximum Gasteiger partial charge on any atom is 0.123 e. The number of pyridine rings is 1. The summed E-state index contributed by atoms with van der Waals surface area (Å²) in [7, 11) is 0. The van der Waals surface area contributed by atoms with E-state index in [2.05, 4.69) is 11.9 Å². The summed E-state index contributed by atoms with van der Waals surface area (Å²) < 4.78 is 0. The molecule has 1 aromatic heterocycles. The Morgan fingerprint density at radius 2 is 2.38 bits per heavy atom. The van der Waals surface area contributed by atoms with Crippen molar-refractivity contribution >= 4 is 5.82 Å². The van der Waals surface area contributed by atoms with Gasteiger partial charge in [-0.15, -0.1) is 0 Å². The van der Waals surface area contributed by atoms with Gasteiger partial charge in [0.05, 0.1) is 5.60 Å². The van der Waals surface area contributed by atoms with E-state index in [1.165, 1.54) is 6.42 Å². The minimum absolute atomic E-state index is 0.371. The number of hydrogen-bond donors (Lipinski definition) is 2. The van der Waals surface area contributed by atoms with E-state index in [1.807, 2.05) is 12.1 Å². The van der Waals surface area contributed by atoms with Gasteiger partial charge in [-0.3, -0.25) is 0 Å². The van der Waals surface area contributed by atoms with Gasteiger partial charge in [0.15, 0.2) is 0 Å². The average Bonchev–Trinajstić information content (AvgIpc) is 2.23. The van der Waals surface area contributed by atoms with Crippen LogP contribution in [-0.2, 0) is 6.42 Å². The summed E-state index contributed by atoms with van der Waals surface area (Å²) in [5.41, 5.74) is 6.19. The molecule has 0 spiro atoms. The first-order valence-corrected chi connectivity index (χ1v) is 6.03. The van der Waals surface area contributed by atoms with Gasteiger partial charge in [0, 0.05) is 12.6 Å². The Hall–Kier alpha value is -1.09. The minimum atomic E-state index is -0.550. The Bertz CT molecular complexity index is 367. The smallest absolute Gasteiger partial charge is 0.123 e. The molecule has 0 radical (unpaired) electrons. The summed E-state index contributed by atoms with van der Waals surface area (Å²) in [5, 5.41) is 10.6. The molecule has 1 fully saturated rings. The van der Waals surface area contributed by atoms with Crippen molar-refractivity contribution in [2.75, 3.05) is 5.73 Å². The first-order valence-electron chi connectivity index (χ1n) is 6.03. The summed E-state index contributed by atoms with van der Waals surface area (Å²) in [4.78, 5) is 3.97. The van der Waals surface area contributed by atoms with Crippen molar-refractivity contribution < 1.29 is 5.11 Å². The lowest BCUT2D eigenvalue weighted by Gasteiger charge is -2.38. The number of nitrogens with zero attached hydrogens (tertiary/aromatic N) is 1. The second-order valence-electron chi connectivity index (χ2n) is 5.02. The third kappa shape index (κ3) is 2.35. The van der Waals surface area contributed by atoms with Gasteiger partial charge in [-0.05, 0) is 36.5 Å². The average molecular weight is 220 g/mol. The molecule has 1 aliphatic carbocycles. The van der Waals surface area contributed by atoms with E-state index in [-0.39, 0.29) is 0 Å². The van der Waals surface area contributed by atoms with Crippen molar-refractivity contribution in [3.05, 3.63) is 23.9 Å². The Balaban J connectivity index is 2.13. The van der Waals surface area contributed by atoms with Crippen LogP contribution in [0.2, 0.25) is 0 Å². The van der Waals surface area contributed by atoms with E-state index in [0.29, 0.717) is 18.2 Å². The summed E-state index contributed by atoms with van der Waals surface area (Å²) >= 11 is 0. The predicted molar refractivity (Wildman–Crippen MR) is 64.9 cm³/mol. The monoisotopic (exact) mass is 220 g/mol. The van der Waals surface area contributed by atoms with E-state index in [9.17, 15) is 5.11 Å². The molecule has 1 aliphatic rings. The van der Waals surface area contributed by atoms with Crippen LogP contribution in [0.5, 0.6) is 0 Å². The Labute approximate surface area is 96.7 Å². The molecule has 1 heterocycles. The molecule has 1 aromatic rings. The summed E-state index contributed by atoms with van der Waals surface area (Å²) in [5.74, 6) is 0.903. The molecule has 0 aliphatic heterocycles. The summed E-state index contributed by atoms with van der Waals surface area (Å²) in [6.07, 6.45) is 6.79. The van der Waals surface area contributed by atoms with Gasteiger partial charge < -0.3 is 10.8 Å². The molecule has 1 saturated carbocycles. The molecule has 88 valence electrons. The highest BCUT2D eigenvalue weighted by atomic mass is 16.3. The molecule has 3 nitrogen and oxygen atoms in total. The maximum atomic E-state index is 10.6. The van der Waals surface area contributed by atoms with Gasteiger partial charge in [-0.25, -0.2) is 4.98 Å². The van der Waals surface area contributed by atoms with Crippen LogP contribution in [-0.4, -0.2) is 15.7 Å². The number of hydrogen-bond acceptors (Lipinski definition) is 3. The molecule has 3 N–H and O–H groups in total. The van der Waals surface area contributed by atoms with Gasteiger partial charge in [0.1, 0.15) is 5.82 Å². The first kappa shape index (κ1) is 11.4. The number of anilines is 1. The first-order chi connectivity index (χ1) is 7.60. The van der Waals surface area contributed by atoms with Crippen molar-refractivity contribution in [1.29, 1.82) is 0 Å². The lowest BCUT2D eigenvalue weighted by atomic mass is 9.73. The normalized spacial score (nSPS) is 30.2. The summed E-state index contributed by atoms with van der Waals surface area (Å²) in [6, 6.07) is 3.80. The van der Waals surface area contributed by atoms with Crippen LogP contribution in [0.15, 0.2) is 18.3 Å². The number of rotatable bonds is 2. The van der Waals surface area contributed by atoms with Gasteiger partial charge in [-0.1, -0.05) is 19.8 Å². The number of nitrogen functional groups attached to an aromatic ring is 1. The van der Waals surface area contributed by atoms with Crippen LogP contribution in [0, 0.1) is 5.92 Å². The number of aliphatic hydroxyl groups is 1. The molecule has 2 unspecified atom stereocenters. The highest BCUT2D eigenvalue weighted by Crippen LogP contribution is 2.36. The largest absolute Gasteiger partial charge is 0.389 e. The van der Waals surface area contributed by atoms with Crippen molar-refractivity contribution in [2.24, 2.45) is 5.92 Å². The Kier molecular flexibility index (Phi) is 3.15. The Morgan fingerprint density at radius 1 is 1.56 bits per heavy atom. The maximum absolute atomic E-state index is 10.6. The van der Waals surface area contributed by atoms with Gasteiger partial charge in [0.2, 0.25) is 0 Å². The molecule has 0 amide bonds. The van der Waals surface area contributed by atoms with Gasteiger partial charge in [-0.2, -0.15) is 0 Å². The molecular formula is C13H20N2O. The van der Waals surface area contributed by atoms with E-state index >= 15 is 0 Å². The quantitative estimate of drug-likeness (QED) is 0.803. The lowest BCUT2D eigenvalue weighted by Crippen LogP contribution is -2.41. The fourth-order valence-corrected chi connectivity index (χ4v) is 2.62. The van der Waals surface area contributed by atoms with Crippen LogP contribution in [0.3, 0.4) is 0 Å². The standard InChI is InChI=1S/C13H20N2O/c1-10-4-2-3-6-13(10,16)9-11-5-7-15-12(14)8-11/h5,7-8,10,16H,2-4,6,9H2,1H3,(H2,14,15). The highest BCUT2D eigenvalue weighted by molar-refractivity contribution is 5.32. The van der Waals surface area contributed by atoms with Crippen molar-refractivity contribution in [2.45, 2.75) is 44.6 Å². The van der Waals surface area contributed by atoms with Crippen molar-refractivity contribution in [3.63, 3.8) is 0 Å². The topological polar surface area (TPSA) is 59.1 Å². The Morgan fingerprint density at radius 3 is 3.06 bits per heavy atom. The fraction of sp³-hybridized carbons (Fsp3) is 0.615. The van der Waals surface area contributed by atoms with Crippen molar-refractivity contribution in [1.82, 2.24) is 4.98 Å². The van der Waals surface area contributed by atoms with Crippen LogP contribution < -0.4 is 5.73 Å². The van der Waals surface area contributed by atoms with Crippen LogP contribution >= 0.6 is 0 Å². The number of nitrogens with two attached hydrogens (primary N) is 1. The van der Waals surface area contributed by atoms with Gasteiger partial charge >= 0.3 is 0 Å². The minimum Gasteiger partial charge on any atom is -0.389 e. The van der Waals surface area contributed by atoms with Crippen LogP contribution in [0.4, 0.5) is 5.82 Å². The van der Waals surface area contributed by atoms with Crippen LogP contribution in [0.25, 0.3) is 0 Å². The third-order valence-electron chi connectivity index (χ3n) is 3.77. The molecule has 0 aromatic carbocycles. The fourth-order valence-electron chi connectivity index (χ4n) is 2.62. The van der Waals surface area contributed by atoms with Crippen LogP contribution in [0.1, 0.15) is 38.2 Å². The molecular weight excluding hydrogens is 200 g/mol. The van der Waals surface area contributed by atoms with E-state index in [1.54, 1.807) is 6.20 Å². The molecule has 0 bridgehead atoms. The summed E-state index contributed by atoms with van der Waals surface area (Å²) in [6.45, 7) is 2.14. The SMILES string of the molecule is CC1CCCCC1(O)Cc1ccnc(N)c1. The molecule has 16 heavy (non-hydrogen) atoms. The van der Waals surface area contributed by atoms with Gasteiger partial charge in [0.25, 0.3) is 0 Å². The molecule has 2 rings (SSSR count). The second-order valence-corrected chi connectivity index (χ2v) is 5.02. The zero-order valence-corrected chi connectivity index (χ0v) is 9.82. The van der Waals surface area contributed by atoms with E-state index in [4.69, 9.17) is 5.73 Å². The highest BCUT2D eigenvalue weighted by Gasteiger charge is 2.35. The zero-order chi connectivity index (χ0) is 11.6. The molecule has 2 atom stereocenters. The van der Waals surface area contributed by atoms with Crippen molar-refractivity contribution in [3.8, 4) is 0 Å². The number of aromatic nitrogens is 1. The predicted octanol–water partition coefficient (Wildman–Crippen LogP) is 2.15. The third-order valence-corrected chi connectivity index (χ3v) is 3.77. The molecule has 0 saturated heterocycles.